The molecule has 0 aromatic heterocycles. The lowest BCUT2D eigenvalue weighted by atomic mass is 10.0. The van der Waals surface area contributed by atoms with E-state index in [0.717, 1.165) is 16.6 Å². The molecule has 1 heteroatoms. The Bertz CT molecular complexity index is 418. The Hall–Kier alpha value is -1.50. The second kappa shape index (κ2) is 2.52. The molecule has 0 aliphatic rings. The molecule has 2 aromatic rings. The van der Waals surface area contributed by atoms with Crippen LogP contribution in [0.3, 0.4) is 0 Å². The van der Waals surface area contributed by atoms with E-state index in [1.54, 1.807) is 0 Å². The molecule has 2 rings (SSSR count). The average Bonchev–Trinajstić information content (AvgIpc) is 2.12. The van der Waals surface area contributed by atoms with Crippen molar-refractivity contribution in [3.8, 4) is 0 Å². The fraction of sp³-hybridized carbons (Fsp3) is 0. The highest BCUT2D eigenvalue weighted by molar-refractivity contribution is 5.90. The van der Waals surface area contributed by atoms with Gasteiger partial charge < -0.3 is 5.73 Å². The lowest BCUT2D eigenvalue weighted by Crippen LogP contribution is -1.89. The minimum atomic E-state index is 0.758. The molecular formula is C11H10N. The molecule has 2 aromatic carbocycles. The number of rotatable bonds is 0. The first-order chi connectivity index (χ1) is 5.79. The molecule has 2 N–H and O–H groups in total. The second-order valence-electron chi connectivity index (χ2n) is 2.85. The van der Waals surface area contributed by atoms with E-state index in [2.05, 4.69) is 13.0 Å². The number of fused-ring (bicyclic) bond motifs is 1. The molecule has 0 saturated heterocycles. The third-order valence-electron chi connectivity index (χ3n) is 2.08. The van der Waals surface area contributed by atoms with Crippen molar-refractivity contribution in [1.82, 2.24) is 0 Å². The van der Waals surface area contributed by atoms with Gasteiger partial charge in [-0.2, -0.15) is 0 Å². The number of benzene rings is 2. The molecule has 1 radical (unpaired) electrons. The summed E-state index contributed by atoms with van der Waals surface area (Å²) in [6.45, 7) is 3.92. The zero-order valence-electron chi connectivity index (χ0n) is 6.75. The van der Waals surface area contributed by atoms with E-state index in [9.17, 15) is 0 Å². The molecule has 0 saturated carbocycles. The quantitative estimate of drug-likeness (QED) is 0.583. The molecule has 1 nitrogen and oxygen atoms in total. The van der Waals surface area contributed by atoms with Crippen molar-refractivity contribution in [3.05, 3.63) is 48.9 Å². The Morgan fingerprint density at radius 2 is 1.75 bits per heavy atom. The lowest BCUT2D eigenvalue weighted by molar-refractivity contribution is 1.65. The molecule has 59 valence electrons. The molecule has 0 bridgehead atoms. The zero-order valence-corrected chi connectivity index (χ0v) is 6.75. The number of nitrogens with two attached hydrogens (primary N) is 1. The monoisotopic (exact) mass is 156 g/mol. The summed E-state index contributed by atoms with van der Waals surface area (Å²) in [4.78, 5) is 0. The van der Waals surface area contributed by atoms with E-state index < -0.39 is 0 Å². The summed E-state index contributed by atoms with van der Waals surface area (Å²) < 4.78 is 0. The third-order valence-corrected chi connectivity index (χ3v) is 2.08. The van der Waals surface area contributed by atoms with Crippen LogP contribution in [0, 0.1) is 6.92 Å². The van der Waals surface area contributed by atoms with Gasteiger partial charge in [0.15, 0.2) is 0 Å². The maximum Gasteiger partial charge on any atom is 0.0353 e. The summed E-state index contributed by atoms with van der Waals surface area (Å²) in [7, 11) is 0. The summed E-state index contributed by atoms with van der Waals surface area (Å²) >= 11 is 0. The van der Waals surface area contributed by atoms with Gasteiger partial charge in [-0.25, -0.2) is 0 Å². The molecule has 0 amide bonds. The minimum absolute atomic E-state index is 0.758. The Labute approximate surface area is 71.8 Å². The first-order valence-electron chi connectivity index (χ1n) is 3.88. The van der Waals surface area contributed by atoms with Crippen LogP contribution in [0.25, 0.3) is 10.8 Å². The smallest absolute Gasteiger partial charge is 0.0353 e. The van der Waals surface area contributed by atoms with Crippen LogP contribution in [0.4, 0.5) is 5.69 Å². The van der Waals surface area contributed by atoms with Crippen LogP contribution in [-0.4, -0.2) is 0 Å². The van der Waals surface area contributed by atoms with E-state index >= 15 is 0 Å². The van der Waals surface area contributed by atoms with Crippen molar-refractivity contribution in [2.75, 3.05) is 5.73 Å². The summed E-state index contributed by atoms with van der Waals surface area (Å²) in [5.41, 5.74) is 7.41. The number of nitrogen functional groups attached to an aromatic ring is 1. The summed E-state index contributed by atoms with van der Waals surface area (Å²) in [5, 5.41) is 2.33. The van der Waals surface area contributed by atoms with E-state index in [0.29, 0.717) is 0 Å². The van der Waals surface area contributed by atoms with Crippen LogP contribution in [0.1, 0.15) is 5.56 Å². The predicted molar refractivity (Wildman–Crippen MR) is 52.8 cm³/mol. The topological polar surface area (TPSA) is 26.0 Å². The third kappa shape index (κ3) is 0.944. The molecule has 0 spiro atoms. The van der Waals surface area contributed by atoms with Crippen LogP contribution in [-0.2, 0) is 0 Å². The SMILES string of the molecule is [CH2]c1c(N)ccc2ccccc12. The number of anilines is 1. The van der Waals surface area contributed by atoms with E-state index in [4.69, 9.17) is 5.73 Å². The van der Waals surface area contributed by atoms with Gasteiger partial charge in [-0.3, -0.25) is 0 Å². The fourth-order valence-corrected chi connectivity index (χ4v) is 1.35. The van der Waals surface area contributed by atoms with Gasteiger partial charge in [0, 0.05) is 5.69 Å². The van der Waals surface area contributed by atoms with Crippen molar-refractivity contribution >= 4 is 16.5 Å². The molecule has 0 aliphatic heterocycles. The molecule has 0 aliphatic carbocycles. The Balaban J connectivity index is 2.91. The highest BCUT2D eigenvalue weighted by Crippen LogP contribution is 2.22. The van der Waals surface area contributed by atoms with Crippen LogP contribution in [0.5, 0.6) is 0 Å². The molecule has 0 atom stereocenters. The zero-order chi connectivity index (χ0) is 8.55. The number of hydrogen-bond acceptors (Lipinski definition) is 1. The van der Waals surface area contributed by atoms with Crippen molar-refractivity contribution in [1.29, 1.82) is 0 Å². The normalized spacial score (nSPS) is 10.4. The van der Waals surface area contributed by atoms with Crippen molar-refractivity contribution in [2.24, 2.45) is 0 Å². The second-order valence-corrected chi connectivity index (χ2v) is 2.85. The van der Waals surface area contributed by atoms with E-state index in [1.165, 1.54) is 5.39 Å². The largest absolute Gasteiger partial charge is 0.398 e. The Morgan fingerprint density at radius 3 is 2.58 bits per heavy atom. The minimum Gasteiger partial charge on any atom is -0.398 e. The fourth-order valence-electron chi connectivity index (χ4n) is 1.35. The Morgan fingerprint density at radius 1 is 1.00 bits per heavy atom. The van der Waals surface area contributed by atoms with Gasteiger partial charge in [0.1, 0.15) is 0 Å². The first kappa shape index (κ1) is 7.17. The predicted octanol–water partition coefficient (Wildman–Crippen LogP) is 2.60. The van der Waals surface area contributed by atoms with Gasteiger partial charge in [0.25, 0.3) is 0 Å². The average molecular weight is 156 g/mol. The van der Waals surface area contributed by atoms with Gasteiger partial charge in [0.2, 0.25) is 0 Å². The van der Waals surface area contributed by atoms with Crippen LogP contribution < -0.4 is 5.73 Å². The van der Waals surface area contributed by atoms with Gasteiger partial charge in [0.05, 0.1) is 0 Å². The molecule has 0 fully saturated rings. The van der Waals surface area contributed by atoms with Gasteiger partial charge in [-0.1, -0.05) is 30.3 Å². The standard InChI is InChI=1S/C11H10N/c1-8-10-5-3-2-4-9(10)6-7-11(8)12/h2-7H,1,12H2. The van der Waals surface area contributed by atoms with Gasteiger partial charge in [-0.05, 0) is 29.3 Å². The molecule has 12 heavy (non-hydrogen) atoms. The summed E-state index contributed by atoms with van der Waals surface area (Å²) in [5.74, 6) is 0. The van der Waals surface area contributed by atoms with Gasteiger partial charge >= 0.3 is 0 Å². The van der Waals surface area contributed by atoms with Crippen LogP contribution in [0.15, 0.2) is 36.4 Å². The first-order valence-corrected chi connectivity index (χ1v) is 3.88. The Kier molecular flexibility index (Phi) is 1.51. The van der Waals surface area contributed by atoms with Gasteiger partial charge in [-0.15, -0.1) is 0 Å². The number of hydrogen-bond donors (Lipinski definition) is 1. The van der Waals surface area contributed by atoms with E-state index in [1.807, 2.05) is 30.3 Å². The molecular weight excluding hydrogens is 146 g/mol. The maximum atomic E-state index is 5.72. The van der Waals surface area contributed by atoms with Crippen molar-refractivity contribution in [3.63, 3.8) is 0 Å². The van der Waals surface area contributed by atoms with E-state index in [-0.39, 0.29) is 0 Å². The van der Waals surface area contributed by atoms with Crippen molar-refractivity contribution < 1.29 is 0 Å². The van der Waals surface area contributed by atoms with Crippen LogP contribution >= 0.6 is 0 Å². The van der Waals surface area contributed by atoms with Crippen molar-refractivity contribution in [2.45, 2.75) is 0 Å². The highest BCUT2D eigenvalue weighted by Gasteiger charge is 1.98. The summed E-state index contributed by atoms with van der Waals surface area (Å²) in [6.07, 6.45) is 0. The maximum absolute atomic E-state index is 5.72. The van der Waals surface area contributed by atoms with Crippen LogP contribution in [0.2, 0.25) is 0 Å². The lowest BCUT2D eigenvalue weighted by Gasteiger charge is -2.03. The highest BCUT2D eigenvalue weighted by atomic mass is 14.5. The molecule has 0 unspecified atom stereocenters. The molecule has 0 heterocycles. The summed E-state index contributed by atoms with van der Waals surface area (Å²) in [6, 6.07) is 12.0.